The molecular weight excluding hydrogens is 244 g/mol. The van der Waals surface area contributed by atoms with Gasteiger partial charge in [0.25, 0.3) is 5.91 Å². The van der Waals surface area contributed by atoms with Crippen molar-refractivity contribution in [3.05, 3.63) is 36.0 Å². The first kappa shape index (κ1) is 11.8. The minimum absolute atomic E-state index is 0.206. The maximum atomic E-state index is 12.5. The van der Waals surface area contributed by atoms with Crippen LogP contribution in [0.15, 0.2) is 30.5 Å². The monoisotopic (exact) mass is 258 g/mol. The third kappa shape index (κ3) is 1.87. The second-order valence-electron chi connectivity index (χ2n) is 4.74. The van der Waals surface area contributed by atoms with Crippen molar-refractivity contribution in [2.24, 2.45) is 0 Å². The molecule has 1 aromatic heterocycles. The molecule has 19 heavy (non-hydrogen) atoms. The van der Waals surface area contributed by atoms with Crippen LogP contribution in [0.1, 0.15) is 23.2 Å². The summed E-state index contributed by atoms with van der Waals surface area (Å²) in [5, 5.41) is 9.98. The number of nitrogens with zero attached hydrogens (tertiary/aromatic N) is 1. The van der Waals surface area contributed by atoms with Gasteiger partial charge in [-0.05, 0) is 18.9 Å². The van der Waals surface area contributed by atoms with E-state index in [4.69, 9.17) is 5.11 Å². The predicted molar refractivity (Wildman–Crippen MR) is 70.0 cm³/mol. The number of carbonyl (C=O) groups is 2. The molecule has 2 N–H and O–H groups in total. The number of carboxylic acids is 1. The number of aromatic nitrogens is 1. The van der Waals surface area contributed by atoms with Crippen molar-refractivity contribution in [3.8, 4) is 0 Å². The second-order valence-corrected chi connectivity index (χ2v) is 4.74. The molecule has 1 aromatic carbocycles. The van der Waals surface area contributed by atoms with E-state index in [1.807, 2.05) is 24.3 Å². The third-order valence-electron chi connectivity index (χ3n) is 3.62. The maximum Gasteiger partial charge on any atom is 0.326 e. The first-order chi connectivity index (χ1) is 9.18. The van der Waals surface area contributed by atoms with Gasteiger partial charge in [0.15, 0.2) is 0 Å². The molecule has 0 spiro atoms. The fourth-order valence-corrected chi connectivity index (χ4v) is 2.67. The van der Waals surface area contributed by atoms with Gasteiger partial charge in [0.2, 0.25) is 0 Å². The van der Waals surface area contributed by atoms with Gasteiger partial charge in [-0.3, -0.25) is 4.79 Å². The topological polar surface area (TPSA) is 73.4 Å². The number of aliphatic carboxylic acids is 1. The Morgan fingerprint density at radius 1 is 1.32 bits per heavy atom. The van der Waals surface area contributed by atoms with Crippen LogP contribution < -0.4 is 0 Å². The number of benzene rings is 1. The summed E-state index contributed by atoms with van der Waals surface area (Å²) in [6.07, 6.45) is 2.93. The molecule has 5 heteroatoms. The summed E-state index contributed by atoms with van der Waals surface area (Å²) >= 11 is 0. The van der Waals surface area contributed by atoms with Gasteiger partial charge in [0, 0.05) is 23.6 Å². The molecule has 3 rings (SSSR count). The first-order valence-electron chi connectivity index (χ1n) is 6.28. The largest absolute Gasteiger partial charge is 0.480 e. The van der Waals surface area contributed by atoms with Gasteiger partial charge in [-0.1, -0.05) is 18.2 Å². The smallest absolute Gasteiger partial charge is 0.326 e. The summed E-state index contributed by atoms with van der Waals surface area (Å²) in [7, 11) is 0. The Hall–Kier alpha value is -2.30. The number of carbonyl (C=O) groups excluding carboxylic acids is 1. The number of carboxylic acid groups (broad SMARTS) is 1. The van der Waals surface area contributed by atoms with Crippen LogP contribution >= 0.6 is 0 Å². The van der Waals surface area contributed by atoms with E-state index < -0.39 is 12.0 Å². The quantitative estimate of drug-likeness (QED) is 0.863. The van der Waals surface area contributed by atoms with Crippen molar-refractivity contribution in [1.82, 2.24) is 9.88 Å². The third-order valence-corrected chi connectivity index (χ3v) is 3.62. The zero-order valence-electron chi connectivity index (χ0n) is 10.3. The highest BCUT2D eigenvalue weighted by Gasteiger charge is 2.35. The van der Waals surface area contributed by atoms with E-state index in [9.17, 15) is 9.59 Å². The van der Waals surface area contributed by atoms with Gasteiger partial charge in [-0.25, -0.2) is 4.79 Å². The van der Waals surface area contributed by atoms with E-state index >= 15 is 0 Å². The van der Waals surface area contributed by atoms with Gasteiger partial charge in [-0.15, -0.1) is 0 Å². The molecule has 5 nitrogen and oxygen atoms in total. The first-order valence-corrected chi connectivity index (χ1v) is 6.28. The highest BCUT2D eigenvalue weighted by molar-refractivity contribution is 6.07. The molecule has 1 saturated heterocycles. The number of amides is 1. The molecule has 1 aliphatic rings. The van der Waals surface area contributed by atoms with Gasteiger partial charge in [0.1, 0.15) is 6.04 Å². The zero-order chi connectivity index (χ0) is 13.4. The summed E-state index contributed by atoms with van der Waals surface area (Å²) in [5.41, 5.74) is 1.43. The Morgan fingerprint density at radius 3 is 2.89 bits per heavy atom. The van der Waals surface area contributed by atoms with E-state index in [-0.39, 0.29) is 5.91 Å². The lowest BCUT2D eigenvalue weighted by Gasteiger charge is -2.20. The Labute approximate surface area is 109 Å². The van der Waals surface area contributed by atoms with E-state index in [0.29, 0.717) is 18.5 Å². The summed E-state index contributed by atoms with van der Waals surface area (Å²) in [6.45, 7) is 0.509. The number of rotatable bonds is 2. The lowest BCUT2D eigenvalue weighted by Crippen LogP contribution is -2.40. The van der Waals surface area contributed by atoms with Crippen LogP contribution in [0.5, 0.6) is 0 Å². The minimum atomic E-state index is -0.925. The Bertz CT molecular complexity index is 647. The van der Waals surface area contributed by atoms with Crippen molar-refractivity contribution in [3.63, 3.8) is 0 Å². The van der Waals surface area contributed by atoms with Crippen LogP contribution in [0.2, 0.25) is 0 Å². The fraction of sp³-hybridized carbons (Fsp3) is 0.286. The number of likely N-dealkylation sites (tertiary alicyclic amines) is 1. The van der Waals surface area contributed by atoms with Gasteiger partial charge in [-0.2, -0.15) is 0 Å². The van der Waals surface area contributed by atoms with Crippen LogP contribution in [0.4, 0.5) is 0 Å². The Balaban J connectivity index is 1.98. The van der Waals surface area contributed by atoms with Crippen LogP contribution in [0.25, 0.3) is 10.9 Å². The van der Waals surface area contributed by atoms with E-state index in [0.717, 1.165) is 17.3 Å². The fourth-order valence-electron chi connectivity index (χ4n) is 2.67. The standard InChI is InChI=1S/C14H14N2O3/c17-13(16-7-3-6-12(16)14(18)19)10-8-15-11-5-2-1-4-9(10)11/h1-2,4-5,8,12,15H,3,6-7H2,(H,18,19). The van der Waals surface area contributed by atoms with Gasteiger partial charge in [0.05, 0.1) is 5.56 Å². The molecule has 2 aromatic rings. The van der Waals surface area contributed by atoms with Crippen molar-refractivity contribution in [2.75, 3.05) is 6.54 Å². The molecule has 1 aliphatic heterocycles. The summed E-state index contributed by atoms with van der Waals surface area (Å²) < 4.78 is 0. The van der Waals surface area contributed by atoms with Gasteiger partial charge < -0.3 is 15.0 Å². The van der Waals surface area contributed by atoms with Crippen LogP contribution in [0, 0.1) is 0 Å². The summed E-state index contributed by atoms with van der Waals surface area (Å²) in [6, 6.07) is 6.82. The average molecular weight is 258 g/mol. The molecule has 0 saturated carbocycles. The van der Waals surface area contributed by atoms with Crippen LogP contribution in [-0.2, 0) is 4.79 Å². The van der Waals surface area contributed by atoms with Crippen molar-refractivity contribution in [1.29, 1.82) is 0 Å². The number of hydrogen-bond acceptors (Lipinski definition) is 2. The van der Waals surface area contributed by atoms with E-state index in [1.54, 1.807) is 6.20 Å². The lowest BCUT2D eigenvalue weighted by molar-refractivity contribution is -0.141. The van der Waals surface area contributed by atoms with Crippen LogP contribution in [-0.4, -0.2) is 39.5 Å². The number of para-hydroxylation sites is 1. The Morgan fingerprint density at radius 2 is 2.11 bits per heavy atom. The number of aromatic amines is 1. The number of nitrogens with one attached hydrogen (secondary N) is 1. The molecule has 1 atom stereocenters. The second kappa shape index (κ2) is 4.42. The van der Waals surface area contributed by atoms with E-state index in [2.05, 4.69) is 4.98 Å². The molecular formula is C14H14N2O3. The number of H-pyrrole nitrogens is 1. The molecule has 0 radical (unpaired) electrons. The lowest BCUT2D eigenvalue weighted by atomic mass is 10.1. The summed E-state index contributed by atoms with van der Waals surface area (Å²) in [5.74, 6) is -1.13. The van der Waals surface area contributed by atoms with Crippen LogP contribution in [0.3, 0.4) is 0 Å². The van der Waals surface area contributed by atoms with E-state index in [1.165, 1.54) is 4.90 Å². The van der Waals surface area contributed by atoms with Crippen molar-refractivity contribution < 1.29 is 14.7 Å². The number of hydrogen-bond donors (Lipinski definition) is 2. The highest BCUT2D eigenvalue weighted by atomic mass is 16.4. The molecule has 98 valence electrons. The Kier molecular flexibility index (Phi) is 2.74. The minimum Gasteiger partial charge on any atom is -0.480 e. The molecule has 1 amide bonds. The normalized spacial score (nSPS) is 18.9. The molecule has 2 heterocycles. The number of fused-ring (bicyclic) bond motifs is 1. The average Bonchev–Trinajstić information content (AvgIpc) is 3.05. The molecule has 0 bridgehead atoms. The SMILES string of the molecule is O=C(O)C1CCCN1C(=O)c1c[nH]c2ccccc12. The molecule has 1 unspecified atom stereocenters. The summed E-state index contributed by atoms with van der Waals surface area (Å²) in [4.78, 5) is 28.1. The zero-order valence-corrected chi connectivity index (χ0v) is 10.3. The maximum absolute atomic E-state index is 12.5. The predicted octanol–water partition coefficient (Wildman–Crippen LogP) is 1.86. The molecule has 1 fully saturated rings. The van der Waals surface area contributed by atoms with Crippen molar-refractivity contribution in [2.45, 2.75) is 18.9 Å². The van der Waals surface area contributed by atoms with Crippen molar-refractivity contribution >= 4 is 22.8 Å². The highest BCUT2D eigenvalue weighted by Crippen LogP contribution is 2.24. The molecule has 0 aliphatic carbocycles. The van der Waals surface area contributed by atoms with Gasteiger partial charge >= 0.3 is 5.97 Å².